The second-order valence-corrected chi connectivity index (χ2v) is 9.82. The predicted molar refractivity (Wildman–Crippen MR) is 128 cm³/mol. The average molecular weight is 437 g/mol. The molecule has 172 valence electrons. The summed E-state index contributed by atoms with van der Waals surface area (Å²) in [6.45, 7) is 10.3. The van der Waals surface area contributed by atoms with E-state index in [4.69, 9.17) is 4.74 Å². The Bertz CT molecular complexity index is 906. The molecule has 2 aromatic carbocycles. The minimum Gasteiger partial charge on any atom is -0.448 e. The number of carbonyl (C=O) groups is 1. The highest BCUT2D eigenvalue weighted by atomic mass is 16.6. The van der Waals surface area contributed by atoms with E-state index in [9.17, 15) is 9.90 Å². The molecule has 5 nitrogen and oxygen atoms in total. The first-order chi connectivity index (χ1) is 15.3. The van der Waals surface area contributed by atoms with Gasteiger partial charge in [0, 0.05) is 37.6 Å². The van der Waals surface area contributed by atoms with Gasteiger partial charge in [-0.1, -0.05) is 62.4 Å². The fourth-order valence-corrected chi connectivity index (χ4v) is 5.34. The Kier molecular flexibility index (Phi) is 6.59. The molecule has 0 radical (unpaired) electrons. The van der Waals surface area contributed by atoms with Crippen LogP contribution in [0.1, 0.15) is 57.6 Å². The van der Waals surface area contributed by atoms with E-state index in [1.807, 2.05) is 18.7 Å². The number of rotatable bonds is 6. The zero-order valence-electron chi connectivity index (χ0n) is 19.8. The normalized spacial score (nSPS) is 21.3. The van der Waals surface area contributed by atoms with Crippen LogP contribution in [0.25, 0.3) is 11.1 Å². The smallest absolute Gasteiger partial charge is 0.410 e. The van der Waals surface area contributed by atoms with Crippen LogP contribution >= 0.6 is 0 Å². The third-order valence-electron chi connectivity index (χ3n) is 6.91. The van der Waals surface area contributed by atoms with Crippen molar-refractivity contribution in [3.05, 3.63) is 59.7 Å². The number of benzene rings is 2. The minimum absolute atomic E-state index is 0.0740. The zero-order chi connectivity index (χ0) is 22.9. The first-order valence-electron chi connectivity index (χ1n) is 11.9. The Morgan fingerprint density at radius 1 is 0.969 bits per heavy atom. The van der Waals surface area contributed by atoms with Crippen LogP contribution in [0, 0.1) is 0 Å². The van der Waals surface area contributed by atoms with Gasteiger partial charge in [0.05, 0.1) is 5.60 Å². The van der Waals surface area contributed by atoms with E-state index in [0.29, 0.717) is 19.7 Å². The van der Waals surface area contributed by atoms with Gasteiger partial charge in [-0.2, -0.15) is 0 Å². The fourth-order valence-electron chi connectivity index (χ4n) is 5.34. The van der Waals surface area contributed by atoms with Crippen LogP contribution in [0.3, 0.4) is 0 Å². The molecule has 2 unspecified atom stereocenters. The second kappa shape index (κ2) is 9.24. The predicted octanol–water partition coefficient (Wildman–Crippen LogP) is 4.88. The van der Waals surface area contributed by atoms with Crippen molar-refractivity contribution in [1.82, 2.24) is 9.80 Å². The SMILES string of the molecule is CCC1CN(C(=O)OCC2c3ccccc3-c3ccccc32)C(CC)CN1CC(C)(C)O. The Labute approximate surface area is 192 Å². The van der Waals surface area contributed by atoms with Crippen molar-refractivity contribution in [2.24, 2.45) is 0 Å². The Balaban J connectivity index is 1.47. The number of ether oxygens (including phenoxy) is 1. The summed E-state index contributed by atoms with van der Waals surface area (Å²) in [7, 11) is 0. The molecule has 2 aliphatic rings. The van der Waals surface area contributed by atoms with E-state index in [1.54, 1.807) is 0 Å². The summed E-state index contributed by atoms with van der Waals surface area (Å²) in [5.74, 6) is 0.0740. The van der Waals surface area contributed by atoms with Gasteiger partial charge in [-0.05, 0) is 48.9 Å². The summed E-state index contributed by atoms with van der Waals surface area (Å²) in [5, 5.41) is 10.3. The van der Waals surface area contributed by atoms with Crippen molar-refractivity contribution < 1.29 is 14.6 Å². The number of amides is 1. The average Bonchev–Trinajstić information content (AvgIpc) is 3.10. The molecule has 5 heteroatoms. The molecule has 32 heavy (non-hydrogen) atoms. The third kappa shape index (κ3) is 4.55. The van der Waals surface area contributed by atoms with Gasteiger partial charge in [-0.3, -0.25) is 4.90 Å². The van der Waals surface area contributed by atoms with Gasteiger partial charge in [-0.25, -0.2) is 4.79 Å². The molecule has 1 fully saturated rings. The molecule has 1 N–H and O–H groups in total. The van der Waals surface area contributed by atoms with Gasteiger partial charge in [0.1, 0.15) is 6.61 Å². The van der Waals surface area contributed by atoms with E-state index in [-0.39, 0.29) is 24.1 Å². The molecule has 2 aromatic rings. The number of carbonyl (C=O) groups excluding carboxylic acids is 1. The molecule has 1 aliphatic heterocycles. The van der Waals surface area contributed by atoms with E-state index >= 15 is 0 Å². The van der Waals surface area contributed by atoms with Crippen molar-refractivity contribution in [2.45, 2.75) is 64.1 Å². The monoisotopic (exact) mass is 436 g/mol. The molecular weight excluding hydrogens is 400 g/mol. The Hall–Kier alpha value is -2.37. The summed E-state index contributed by atoms with van der Waals surface area (Å²) in [6, 6.07) is 17.1. The highest BCUT2D eigenvalue weighted by molar-refractivity contribution is 5.79. The summed E-state index contributed by atoms with van der Waals surface area (Å²) in [6.07, 6.45) is 1.57. The highest BCUT2D eigenvalue weighted by Gasteiger charge is 2.38. The lowest BCUT2D eigenvalue weighted by Crippen LogP contribution is -2.61. The first-order valence-corrected chi connectivity index (χ1v) is 11.9. The van der Waals surface area contributed by atoms with E-state index < -0.39 is 5.60 Å². The number of fused-ring (bicyclic) bond motifs is 3. The van der Waals surface area contributed by atoms with Crippen LogP contribution in [0.5, 0.6) is 0 Å². The van der Waals surface area contributed by atoms with Crippen molar-refractivity contribution in [2.75, 3.05) is 26.2 Å². The summed E-state index contributed by atoms with van der Waals surface area (Å²) in [5.41, 5.74) is 4.19. The third-order valence-corrected chi connectivity index (χ3v) is 6.91. The Morgan fingerprint density at radius 2 is 1.53 bits per heavy atom. The van der Waals surface area contributed by atoms with E-state index in [1.165, 1.54) is 22.3 Å². The molecule has 1 saturated heterocycles. The fraction of sp³-hybridized carbons (Fsp3) is 0.519. The number of piperazine rings is 1. The van der Waals surface area contributed by atoms with Gasteiger partial charge < -0.3 is 14.7 Å². The molecule has 1 heterocycles. The maximum Gasteiger partial charge on any atom is 0.410 e. The molecule has 1 aliphatic carbocycles. The summed E-state index contributed by atoms with van der Waals surface area (Å²) in [4.78, 5) is 17.5. The molecule has 4 rings (SSSR count). The maximum atomic E-state index is 13.2. The standard InChI is InChI=1S/C27H36N2O3/c1-5-19-16-29(20(6-2)15-28(19)18-27(3,4)31)26(30)32-17-25-23-13-9-7-11-21(23)22-12-8-10-14-24(22)25/h7-14,19-20,25,31H,5-6,15-18H2,1-4H3. The number of nitrogens with zero attached hydrogens (tertiary/aromatic N) is 2. The molecular formula is C27H36N2O3. The first kappa shape index (κ1) is 22.8. The molecule has 0 bridgehead atoms. The van der Waals surface area contributed by atoms with Crippen LogP contribution in [-0.4, -0.2) is 64.9 Å². The van der Waals surface area contributed by atoms with Crippen molar-refractivity contribution in [1.29, 1.82) is 0 Å². The van der Waals surface area contributed by atoms with E-state index in [2.05, 4.69) is 67.3 Å². The van der Waals surface area contributed by atoms with Crippen molar-refractivity contribution in [3.8, 4) is 11.1 Å². The zero-order valence-corrected chi connectivity index (χ0v) is 19.8. The summed E-state index contributed by atoms with van der Waals surface area (Å²) < 4.78 is 5.96. The molecule has 1 amide bonds. The summed E-state index contributed by atoms with van der Waals surface area (Å²) >= 11 is 0. The minimum atomic E-state index is -0.752. The van der Waals surface area contributed by atoms with Gasteiger partial charge in [0.15, 0.2) is 0 Å². The molecule has 2 atom stereocenters. The lowest BCUT2D eigenvalue weighted by molar-refractivity contribution is -0.0285. The van der Waals surface area contributed by atoms with Crippen molar-refractivity contribution >= 4 is 6.09 Å². The van der Waals surface area contributed by atoms with E-state index in [0.717, 1.165) is 19.4 Å². The second-order valence-electron chi connectivity index (χ2n) is 9.82. The number of hydrogen-bond acceptors (Lipinski definition) is 4. The number of aliphatic hydroxyl groups is 1. The molecule has 0 spiro atoms. The van der Waals surface area contributed by atoms with Crippen molar-refractivity contribution in [3.63, 3.8) is 0 Å². The Morgan fingerprint density at radius 3 is 2.06 bits per heavy atom. The largest absolute Gasteiger partial charge is 0.448 e. The molecule has 0 aromatic heterocycles. The van der Waals surface area contributed by atoms with Gasteiger partial charge in [0.25, 0.3) is 0 Å². The van der Waals surface area contributed by atoms with Gasteiger partial charge in [-0.15, -0.1) is 0 Å². The van der Waals surface area contributed by atoms with Gasteiger partial charge in [0.2, 0.25) is 0 Å². The number of β-amino-alcohol motifs (C(OH)–C–C–N with tert-alkyl or cyclic N) is 1. The van der Waals surface area contributed by atoms with Crippen LogP contribution < -0.4 is 0 Å². The van der Waals surface area contributed by atoms with Crippen LogP contribution in [0.15, 0.2) is 48.5 Å². The van der Waals surface area contributed by atoms with Gasteiger partial charge >= 0.3 is 6.09 Å². The van der Waals surface area contributed by atoms with Crippen LogP contribution in [0.2, 0.25) is 0 Å². The lowest BCUT2D eigenvalue weighted by atomic mass is 9.98. The van der Waals surface area contributed by atoms with Crippen LogP contribution in [0.4, 0.5) is 4.79 Å². The topological polar surface area (TPSA) is 53.0 Å². The highest BCUT2D eigenvalue weighted by Crippen LogP contribution is 2.44. The van der Waals surface area contributed by atoms with Crippen LogP contribution in [-0.2, 0) is 4.74 Å². The quantitative estimate of drug-likeness (QED) is 0.701. The molecule has 0 saturated carbocycles. The number of hydrogen-bond donors (Lipinski definition) is 1. The maximum absolute atomic E-state index is 13.2. The lowest BCUT2D eigenvalue weighted by Gasteiger charge is -2.47.